The van der Waals surface area contributed by atoms with Crippen LogP contribution >= 0.6 is 0 Å². The monoisotopic (exact) mass is 294 g/mol. The summed E-state index contributed by atoms with van der Waals surface area (Å²) in [4.78, 5) is 13.1. The SMILES string of the molecule is COCCS(=O)(=O)N1CCN(CCC(=O)OC)CC1. The molecule has 0 aromatic heterocycles. The minimum absolute atomic E-state index is 0.0195. The van der Waals surface area contributed by atoms with Crippen molar-refractivity contribution in [2.45, 2.75) is 6.42 Å². The van der Waals surface area contributed by atoms with Gasteiger partial charge in [0.2, 0.25) is 10.0 Å². The first kappa shape index (κ1) is 16.4. The van der Waals surface area contributed by atoms with Gasteiger partial charge in [-0.1, -0.05) is 0 Å². The Kier molecular flexibility index (Phi) is 6.70. The Morgan fingerprint density at radius 2 is 1.79 bits per heavy atom. The van der Waals surface area contributed by atoms with Crippen molar-refractivity contribution < 1.29 is 22.7 Å². The molecule has 0 N–H and O–H groups in total. The summed E-state index contributed by atoms with van der Waals surface area (Å²) in [5.74, 6) is -0.221. The van der Waals surface area contributed by atoms with Crippen LogP contribution in [0.4, 0.5) is 0 Å². The molecular formula is C11H22N2O5S. The number of ether oxygens (including phenoxy) is 2. The molecule has 1 saturated heterocycles. The van der Waals surface area contributed by atoms with Gasteiger partial charge in [-0.15, -0.1) is 0 Å². The highest BCUT2D eigenvalue weighted by molar-refractivity contribution is 7.89. The zero-order valence-electron chi connectivity index (χ0n) is 11.5. The van der Waals surface area contributed by atoms with E-state index in [0.717, 1.165) is 0 Å². The van der Waals surface area contributed by atoms with E-state index in [1.165, 1.54) is 18.5 Å². The molecule has 8 heteroatoms. The summed E-state index contributed by atoms with van der Waals surface area (Å²) in [6, 6.07) is 0. The van der Waals surface area contributed by atoms with Crippen LogP contribution < -0.4 is 0 Å². The van der Waals surface area contributed by atoms with Crippen LogP contribution in [0.1, 0.15) is 6.42 Å². The molecule has 0 aromatic rings. The summed E-state index contributed by atoms with van der Waals surface area (Å²) in [5, 5.41) is 0. The fraction of sp³-hybridized carbons (Fsp3) is 0.909. The second-order valence-electron chi connectivity index (χ2n) is 4.38. The van der Waals surface area contributed by atoms with E-state index in [4.69, 9.17) is 4.74 Å². The van der Waals surface area contributed by atoms with Crippen LogP contribution in [0.3, 0.4) is 0 Å². The lowest BCUT2D eigenvalue weighted by molar-refractivity contribution is -0.141. The van der Waals surface area contributed by atoms with Gasteiger partial charge in [0.15, 0.2) is 0 Å². The Morgan fingerprint density at radius 3 is 2.32 bits per heavy atom. The molecule has 0 atom stereocenters. The largest absolute Gasteiger partial charge is 0.469 e. The van der Waals surface area contributed by atoms with Crippen LogP contribution in [0, 0.1) is 0 Å². The van der Waals surface area contributed by atoms with Crippen LogP contribution in [0.5, 0.6) is 0 Å². The van der Waals surface area contributed by atoms with E-state index in [1.54, 1.807) is 0 Å². The average molecular weight is 294 g/mol. The number of hydrogen-bond donors (Lipinski definition) is 0. The van der Waals surface area contributed by atoms with E-state index in [2.05, 4.69) is 9.64 Å². The molecule has 0 aromatic carbocycles. The van der Waals surface area contributed by atoms with Gasteiger partial charge in [0.05, 0.1) is 25.9 Å². The molecule has 112 valence electrons. The quantitative estimate of drug-likeness (QED) is 0.569. The zero-order valence-corrected chi connectivity index (χ0v) is 12.3. The highest BCUT2D eigenvalue weighted by Crippen LogP contribution is 2.08. The van der Waals surface area contributed by atoms with Crippen molar-refractivity contribution >= 4 is 16.0 Å². The number of piperazine rings is 1. The third kappa shape index (κ3) is 5.43. The standard InChI is InChI=1S/C11H22N2O5S/c1-17-9-10-19(15,16)13-7-5-12(6-8-13)4-3-11(14)18-2/h3-10H2,1-2H3. The molecule has 0 spiro atoms. The topological polar surface area (TPSA) is 76.2 Å². The Hall–Kier alpha value is -0.700. The van der Waals surface area contributed by atoms with Gasteiger partial charge in [-0.05, 0) is 0 Å². The Balaban J connectivity index is 2.34. The number of carbonyl (C=O) groups is 1. The number of nitrogens with zero attached hydrogens (tertiary/aromatic N) is 2. The molecule has 0 radical (unpaired) electrons. The summed E-state index contributed by atoms with van der Waals surface area (Å²) in [6.45, 7) is 3.04. The highest BCUT2D eigenvalue weighted by Gasteiger charge is 2.26. The van der Waals surface area contributed by atoms with Crippen molar-refractivity contribution in [3.8, 4) is 0 Å². The van der Waals surface area contributed by atoms with Crippen molar-refractivity contribution in [2.24, 2.45) is 0 Å². The van der Waals surface area contributed by atoms with Crippen molar-refractivity contribution in [3.63, 3.8) is 0 Å². The third-order valence-corrected chi connectivity index (χ3v) is 4.96. The van der Waals surface area contributed by atoms with E-state index in [0.29, 0.717) is 39.1 Å². The van der Waals surface area contributed by atoms with Crippen LogP contribution in [0.25, 0.3) is 0 Å². The number of esters is 1. The predicted molar refractivity (Wildman–Crippen MR) is 70.3 cm³/mol. The molecule has 7 nitrogen and oxygen atoms in total. The average Bonchev–Trinajstić information content (AvgIpc) is 2.43. The Morgan fingerprint density at radius 1 is 1.16 bits per heavy atom. The van der Waals surface area contributed by atoms with Crippen molar-refractivity contribution in [2.75, 3.05) is 59.3 Å². The maximum atomic E-state index is 11.9. The fourth-order valence-corrected chi connectivity index (χ4v) is 3.26. The summed E-state index contributed by atoms with van der Waals surface area (Å²) in [6.07, 6.45) is 0.340. The molecule has 1 aliphatic rings. The molecule has 0 bridgehead atoms. The lowest BCUT2D eigenvalue weighted by Crippen LogP contribution is -2.49. The first-order valence-corrected chi connectivity index (χ1v) is 7.86. The van der Waals surface area contributed by atoms with Gasteiger partial charge in [-0.3, -0.25) is 4.79 Å². The molecule has 1 heterocycles. The Labute approximate surface area is 114 Å². The minimum atomic E-state index is -3.21. The number of rotatable bonds is 7. The lowest BCUT2D eigenvalue weighted by atomic mass is 10.3. The van der Waals surface area contributed by atoms with E-state index in [-0.39, 0.29) is 18.3 Å². The van der Waals surface area contributed by atoms with Crippen LogP contribution in [0.15, 0.2) is 0 Å². The smallest absolute Gasteiger partial charge is 0.306 e. The van der Waals surface area contributed by atoms with E-state index in [1.807, 2.05) is 0 Å². The summed E-state index contributed by atoms with van der Waals surface area (Å²) in [5.41, 5.74) is 0. The van der Waals surface area contributed by atoms with E-state index in [9.17, 15) is 13.2 Å². The normalized spacial score (nSPS) is 18.4. The molecule has 1 aliphatic heterocycles. The first-order valence-electron chi connectivity index (χ1n) is 6.25. The van der Waals surface area contributed by atoms with Gasteiger partial charge >= 0.3 is 5.97 Å². The van der Waals surface area contributed by atoms with Crippen LogP contribution in [0.2, 0.25) is 0 Å². The molecule has 1 rings (SSSR count). The van der Waals surface area contributed by atoms with E-state index >= 15 is 0 Å². The second-order valence-corrected chi connectivity index (χ2v) is 6.46. The molecule has 0 saturated carbocycles. The van der Waals surface area contributed by atoms with Crippen molar-refractivity contribution in [3.05, 3.63) is 0 Å². The first-order chi connectivity index (χ1) is 8.99. The highest BCUT2D eigenvalue weighted by atomic mass is 32.2. The van der Waals surface area contributed by atoms with Gasteiger partial charge in [0.25, 0.3) is 0 Å². The number of carbonyl (C=O) groups excluding carboxylic acids is 1. The molecule has 1 fully saturated rings. The zero-order chi connectivity index (χ0) is 14.3. The lowest BCUT2D eigenvalue weighted by Gasteiger charge is -2.33. The predicted octanol–water partition coefficient (Wildman–Crippen LogP) is -0.857. The van der Waals surface area contributed by atoms with Gasteiger partial charge in [0.1, 0.15) is 0 Å². The summed E-state index contributed by atoms with van der Waals surface area (Å²) >= 11 is 0. The van der Waals surface area contributed by atoms with Gasteiger partial charge in [-0.2, -0.15) is 4.31 Å². The van der Waals surface area contributed by atoms with Gasteiger partial charge in [0, 0.05) is 39.8 Å². The molecular weight excluding hydrogens is 272 g/mol. The molecule has 0 amide bonds. The number of hydrogen-bond acceptors (Lipinski definition) is 6. The summed E-state index contributed by atoms with van der Waals surface area (Å²) in [7, 11) is -0.365. The molecule has 19 heavy (non-hydrogen) atoms. The third-order valence-electron chi connectivity index (χ3n) is 3.13. The van der Waals surface area contributed by atoms with Crippen molar-refractivity contribution in [1.29, 1.82) is 0 Å². The number of sulfonamides is 1. The van der Waals surface area contributed by atoms with Gasteiger partial charge < -0.3 is 14.4 Å². The minimum Gasteiger partial charge on any atom is -0.469 e. The summed E-state index contributed by atoms with van der Waals surface area (Å²) < 4.78 is 34.7. The second kappa shape index (κ2) is 7.78. The maximum absolute atomic E-state index is 11.9. The van der Waals surface area contributed by atoms with Crippen LogP contribution in [-0.4, -0.2) is 82.9 Å². The van der Waals surface area contributed by atoms with Crippen LogP contribution in [-0.2, 0) is 24.3 Å². The molecule has 0 unspecified atom stereocenters. The molecule has 0 aliphatic carbocycles. The Bertz CT molecular complexity index is 377. The number of methoxy groups -OCH3 is 2. The van der Waals surface area contributed by atoms with Gasteiger partial charge in [-0.25, -0.2) is 8.42 Å². The van der Waals surface area contributed by atoms with E-state index < -0.39 is 10.0 Å². The maximum Gasteiger partial charge on any atom is 0.306 e. The fourth-order valence-electron chi connectivity index (χ4n) is 1.90. The van der Waals surface area contributed by atoms with Crippen molar-refractivity contribution in [1.82, 2.24) is 9.21 Å².